The minimum atomic E-state index is -0.0872. The molecule has 9 aromatic rings. The molecule has 3 aliphatic rings. The average molecular weight is 797 g/mol. The number of nitrogens with zero attached hydrogens (tertiary/aromatic N) is 2. The molecule has 0 saturated carbocycles. The fraction of sp³-hybridized carbons (Fsp3) is 0.153. The van der Waals surface area contributed by atoms with Gasteiger partial charge < -0.3 is 9.71 Å². The molecular formula is C59H49BN2. The van der Waals surface area contributed by atoms with Crippen LogP contribution in [-0.2, 0) is 10.8 Å². The molecule has 0 unspecified atom stereocenters. The van der Waals surface area contributed by atoms with E-state index >= 15 is 0 Å². The van der Waals surface area contributed by atoms with Gasteiger partial charge in [-0.1, -0.05) is 167 Å². The molecule has 2 nitrogen and oxygen atoms in total. The van der Waals surface area contributed by atoms with Crippen LogP contribution in [0.2, 0.25) is 0 Å². The van der Waals surface area contributed by atoms with Gasteiger partial charge in [-0.15, -0.1) is 0 Å². The zero-order valence-corrected chi connectivity index (χ0v) is 36.2. The lowest BCUT2D eigenvalue weighted by atomic mass is 9.42. The third-order valence-corrected chi connectivity index (χ3v) is 14.6. The van der Waals surface area contributed by atoms with E-state index in [1.165, 1.54) is 111 Å². The summed E-state index contributed by atoms with van der Waals surface area (Å²) in [7, 11) is 0. The van der Waals surface area contributed by atoms with Crippen molar-refractivity contribution in [1.29, 1.82) is 0 Å². The zero-order chi connectivity index (χ0) is 41.9. The number of aryl methyl sites for hydroxylation is 1. The number of fused-ring (bicyclic) bond motifs is 8. The van der Waals surface area contributed by atoms with Crippen LogP contribution in [0, 0.1) is 6.92 Å². The molecule has 0 N–H and O–H groups in total. The molecule has 3 heteroatoms. The first kappa shape index (κ1) is 37.0. The lowest BCUT2D eigenvalue weighted by Crippen LogP contribution is -2.62. The monoisotopic (exact) mass is 796 g/mol. The van der Waals surface area contributed by atoms with E-state index in [9.17, 15) is 0 Å². The first-order valence-electron chi connectivity index (χ1n) is 22.3. The Hall–Kier alpha value is -6.84. The molecule has 0 bridgehead atoms. The molecule has 0 atom stereocenters. The van der Waals surface area contributed by atoms with Crippen molar-refractivity contribution >= 4 is 67.8 Å². The summed E-state index contributed by atoms with van der Waals surface area (Å²) < 4.78 is 0. The first-order valence-corrected chi connectivity index (χ1v) is 22.3. The van der Waals surface area contributed by atoms with Gasteiger partial charge in [0.2, 0.25) is 0 Å². The van der Waals surface area contributed by atoms with Gasteiger partial charge in [0.25, 0.3) is 0 Å². The van der Waals surface area contributed by atoms with E-state index in [1.54, 1.807) is 0 Å². The highest BCUT2D eigenvalue weighted by Crippen LogP contribution is 2.53. The molecule has 0 spiro atoms. The van der Waals surface area contributed by atoms with E-state index in [2.05, 4.69) is 226 Å². The van der Waals surface area contributed by atoms with Gasteiger partial charge in [-0.2, -0.15) is 0 Å². The molecule has 1 aliphatic carbocycles. The number of hydrogen-bond acceptors (Lipinski definition) is 2. The second-order valence-corrected chi connectivity index (χ2v) is 19.2. The minimum absolute atomic E-state index is 0.0295. The van der Waals surface area contributed by atoms with Gasteiger partial charge in [0.1, 0.15) is 0 Å². The van der Waals surface area contributed by atoms with E-state index in [0.29, 0.717) is 0 Å². The van der Waals surface area contributed by atoms with E-state index in [1.807, 2.05) is 0 Å². The molecule has 2 heterocycles. The molecule has 62 heavy (non-hydrogen) atoms. The number of rotatable bonds is 4. The molecule has 0 radical (unpaired) electrons. The second-order valence-electron chi connectivity index (χ2n) is 19.2. The Morgan fingerprint density at radius 3 is 1.69 bits per heavy atom. The lowest BCUT2D eigenvalue weighted by Gasteiger charge is -2.49. The van der Waals surface area contributed by atoms with Crippen molar-refractivity contribution in [2.24, 2.45) is 0 Å². The van der Waals surface area contributed by atoms with E-state index in [-0.39, 0.29) is 17.7 Å². The smallest absolute Gasteiger partial charge is 0.333 e. The van der Waals surface area contributed by atoms with E-state index in [0.717, 1.165) is 12.8 Å². The highest BCUT2D eigenvalue weighted by molar-refractivity contribution is 6.94. The summed E-state index contributed by atoms with van der Waals surface area (Å²) in [6.45, 7) is 12.1. The third-order valence-electron chi connectivity index (χ3n) is 14.6. The normalized spacial score (nSPS) is 15.5. The molecule has 0 fully saturated rings. The third kappa shape index (κ3) is 5.57. The molecule has 0 saturated heterocycles. The Bertz CT molecular complexity index is 3260. The minimum Gasteiger partial charge on any atom is -0.376 e. The lowest BCUT2D eigenvalue weighted by molar-refractivity contribution is 0.332. The predicted octanol–water partition coefficient (Wildman–Crippen LogP) is 14.7. The molecule has 2 aliphatic heterocycles. The molecule has 12 rings (SSSR count). The van der Waals surface area contributed by atoms with Gasteiger partial charge in [0, 0.05) is 33.7 Å². The Labute approximate surface area is 366 Å². The van der Waals surface area contributed by atoms with Crippen LogP contribution in [0.15, 0.2) is 182 Å². The maximum atomic E-state index is 2.69. The summed E-state index contributed by atoms with van der Waals surface area (Å²) in [4.78, 5) is 5.36. The Balaban J connectivity index is 1.23. The Kier molecular flexibility index (Phi) is 8.10. The summed E-state index contributed by atoms with van der Waals surface area (Å²) >= 11 is 0. The first-order chi connectivity index (χ1) is 30.1. The van der Waals surface area contributed by atoms with Crippen LogP contribution < -0.4 is 20.6 Å². The van der Waals surface area contributed by atoms with Crippen molar-refractivity contribution in [3.05, 3.63) is 199 Å². The van der Waals surface area contributed by atoms with Crippen LogP contribution in [0.5, 0.6) is 0 Å². The number of anilines is 5. The summed E-state index contributed by atoms with van der Waals surface area (Å²) in [5, 5.41) is 5.03. The van der Waals surface area contributed by atoms with E-state index in [4.69, 9.17) is 0 Å². The van der Waals surface area contributed by atoms with Crippen molar-refractivity contribution in [3.8, 4) is 33.4 Å². The van der Waals surface area contributed by atoms with Crippen molar-refractivity contribution in [2.45, 2.75) is 58.3 Å². The van der Waals surface area contributed by atoms with Crippen molar-refractivity contribution in [3.63, 3.8) is 0 Å². The van der Waals surface area contributed by atoms with Gasteiger partial charge in [0.15, 0.2) is 0 Å². The van der Waals surface area contributed by atoms with Gasteiger partial charge in [-0.3, -0.25) is 0 Å². The summed E-state index contributed by atoms with van der Waals surface area (Å²) in [6, 6.07) is 68.7. The maximum Gasteiger partial charge on any atom is 0.333 e. The van der Waals surface area contributed by atoms with Crippen LogP contribution in [0.3, 0.4) is 0 Å². The van der Waals surface area contributed by atoms with Crippen LogP contribution in [-0.4, -0.2) is 6.85 Å². The number of hydrogen-bond donors (Lipinski definition) is 0. The van der Waals surface area contributed by atoms with E-state index < -0.39 is 0 Å². The molecule has 0 aromatic heterocycles. The van der Waals surface area contributed by atoms with Gasteiger partial charge in [0.05, 0.1) is 5.69 Å². The van der Waals surface area contributed by atoms with Gasteiger partial charge in [-0.25, -0.2) is 0 Å². The van der Waals surface area contributed by atoms with Crippen molar-refractivity contribution in [2.75, 3.05) is 9.71 Å². The molecule has 9 aromatic carbocycles. The summed E-state index contributed by atoms with van der Waals surface area (Å²) in [5.74, 6) is 0. The van der Waals surface area contributed by atoms with Crippen LogP contribution in [0.4, 0.5) is 28.4 Å². The number of benzene rings is 9. The van der Waals surface area contributed by atoms with Crippen molar-refractivity contribution < 1.29 is 0 Å². The van der Waals surface area contributed by atoms with Gasteiger partial charge >= 0.3 is 6.85 Å². The van der Waals surface area contributed by atoms with Crippen LogP contribution in [0.25, 0.3) is 54.9 Å². The topological polar surface area (TPSA) is 6.48 Å². The standard InChI is InChI=1S/C59H49BN2/c1-38-24-25-44(40-18-10-7-11-19-40)34-53(38)61-55-37-51-50(58(2,3)30-31-59(51,4)5)36-52(55)60-56-49(33-45-22-14-15-23-47(45)57(56)61)48-32-42-20-12-13-21-43(42)35-54(48)62(60)46-28-26-41(27-29-46)39-16-8-6-9-17-39/h6-29,32-37H,30-31H2,1-5H3. The van der Waals surface area contributed by atoms with Crippen molar-refractivity contribution in [1.82, 2.24) is 0 Å². The Morgan fingerprint density at radius 2 is 1.00 bits per heavy atom. The molecule has 0 amide bonds. The summed E-state index contributed by atoms with van der Waals surface area (Å²) in [6.07, 6.45) is 2.31. The van der Waals surface area contributed by atoms with Gasteiger partial charge in [-0.05, 0) is 145 Å². The van der Waals surface area contributed by atoms with Crippen LogP contribution >= 0.6 is 0 Å². The molecule has 298 valence electrons. The maximum absolute atomic E-state index is 2.69. The second kappa shape index (κ2) is 13.6. The highest BCUT2D eigenvalue weighted by atomic mass is 15.2. The fourth-order valence-corrected chi connectivity index (χ4v) is 11.1. The SMILES string of the molecule is Cc1ccc(-c2ccccc2)cc1N1c2cc3c(cc2B2c4c(cc5ccccc5c41)-c1cc4ccccc4cc1N2c1ccc(-c2ccccc2)cc1)C(C)(C)CCC3(C)C. The quantitative estimate of drug-likeness (QED) is 0.164. The Morgan fingerprint density at radius 1 is 0.452 bits per heavy atom. The largest absolute Gasteiger partial charge is 0.376 e. The molecular weight excluding hydrogens is 747 g/mol. The highest BCUT2D eigenvalue weighted by Gasteiger charge is 2.48. The fourth-order valence-electron chi connectivity index (χ4n) is 11.1. The van der Waals surface area contributed by atoms with Crippen LogP contribution in [0.1, 0.15) is 57.2 Å². The summed E-state index contributed by atoms with van der Waals surface area (Å²) in [5.41, 5.74) is 20.7. The predicted molar refractivity (Wildman–Crippen MR) is 266 cm³/mol. The average Bonchev–Trinajstić information content (AvgIpc) is 3.30. The zero-order valence-electron chi connectivity index (χ0n) is 36.2.